The lowest BCUT2D eigenvalue weighted by Crippen LogP contribution is -2.40. The van der Waals surface area contributed by atoms with Crippen molar-refractivity contribution in [1.29, 1.82) is 0 Å². The summed E-state index contributed by atoms with van der Waals surface area (Å²) in [6, 6.07) is 8.06. The molecule has 3 aromatic rings. The number of carbonyl (C=O) groups excluding carboxylic acids is 1. The molecule has 2 aromatic heterocycles. The molecule has 3 heterocycles. The molecular formula is C21H24FN5O2. The Balaban J connectivity index is 1.34. The van der Waals surface area contributed by atoms with Gasteiger partial charge in [0.15, 0.2) is 5.69 Å². The fourth-order valence-electron chi connectivity index (χ4n) is 3.80. The Hall–Kier alpha value is -3.00. The summed E-state index contributed by atoms with van der Waals surface area (Å²) in [6.07, 6.45) is 3.98. The number of nitrogens with one attached hydrogen (secondary N) is 2. The maximum atomic E-state index is 13.2. The zero-order valence-electron chi connectivity index (χ0n) is 16.3. The number of carbonyl (C=O) groups is 1. The van der Waals surface area contributed by atoms with Crippen LogP contribution < -0.4 is 5.32 Å². The molecule has 1 aromatic carbocycles. The number of hydrogen-bond donors (Lipinski definition) is 2. The largest absolute Gasteiger partial charge is 0.361 e. The molecule has 0 aliphatic carbocycles. The number of rotatable bonds is 6. The van der Waals surface area contributed by atoms with Crippen molar-refractivity contribution in [3.05, 3.63) is 59.4 Å². The fourth-order valence-corrected chi connectivity index (χ4v) is 3.80. The zero-order valence-corrected chi connectivity index (χ0v) is 16.3. The molecule has 2 N–H and O–H groups in total. The first kappa shape index (κ1) is 19.3. The van der Waals surface area contributed by atoms with Crippen molar-refractivity contribution in [2.45, 2.75) is 26.3 Å². The second-order valence-corrected chi connectivity index (χ2v) is 7.55. The number of nitrogens with zero attached hydrogens (tertiary/aromatic N) is 3. The Bertz CT molecular complexity index is 966. The first-order valence-corrected chi connectivity index (χ1v) is 9.80. The molecule has 0 bridgehead atoms. The summed E-state index contributed by atoms with van der Waals surface area (Å²) in [7, 11) is 0. The summed E-state index contributed by atoms with van der Waals surface area (Å²) < 4.78 is 18.2. The summed E-state index contributed by atoms with van der Waals surface area (Å²) in [4.78, 5) is 14.6. The van der Waals surface area contributed by atoms with Crippen LogP contribution in [0.1, 0.15) is 34.7 Å². The average Bonchev–Trinajstić information content (AvgIpc) is 3.36. The number of H-pyrrole nitrogens is 1. The lowest BCUT2D eigenvalue weighted by molar-refractivity contribution is 0.0921. The van der Waals surface area contributed by atoms with E-state index in [1.165, 1.54) is 12.1 Å². The summed E-state index contributed by atoms with van der Waals surface area (Å²) >= 11 is 0. The highest BCUT2D eigenvalue weighted by Gasteiger charge is 2.22. The minimum absolute atomic E-state index is 0.201. The molecule has 0 spiro atoms. The van der Waals surface area contributed by atoms with Gasteiger partial charge >= 0.3 is 0 Å². The van der Waals surface area contributed by atoms with Crippen molar-refractivity contribution in [2.24, 2.45) is 5.92 Å². The van der Waals surface area contributed by atoms with Gasteiger partial charge < -0.3 is 9.84 Å². The second-order valence-electron chi connectivity index (χ2n) is 7.55. The third-order valence-electron chi connectivity index (χ3n) is 5.26. The van der Waals surface area contributed by atoms with Crippen LogP contribution in [0.15, 0.2) is 41.1 Å². The van der Waals surface area contributed by atoms with E-state index in [0.717, 1.165) is 49.3 Å². The SMILES string of the molecule is Cc1cc(C(=O)NC[C@H]2CCCN(Cc3cn[nH]c3-c3ccc(F)cc3)C2)no1. The molecular weight excluding hydrogens is 373 g/mol. The molecule has 0 radical (unpaired) electrons. The van der Waals surface area contributed by atoms with Gasteiger partial charge in [-0.15, -0.1) is 0 Å². The van der Waals surface area contributed by atoms with E-state index in [2.05, 4.69) is 25.6 Å². The Labute approximate surface area is 168 Å². The van der Waals surface area contributed by atoms with Crippen LogP contribution in [-0.4, -0.2) is 45.8 Å². The number of aromatic amines is 1. The van der Waals surface area contributed by atoms with Crippen molar-refractivity contribution >= 4 is 5.91 Å². The van der Waals surface area contributed by atoms with Crippen LogP contribution in [0.2, 0.25) is 0 Å². The molecule has 7 nitrogen and oxygen atoms in total. The fraction of sp³-hybridized carbons (Fsp3) is 0.381. The van der Waals surface area contributed by atoms with Gasteiger partial charge in [0.05, 0.1) is 11.9 Å². The number of piperidine rings is 1. The van der Waals surface area contributed by atoms with Crippen molar-refractivity contribution < 1.29 is 13.7 Å². The number of hydrogen-bond acceptors (Lipinski definition) is 5. The van der Waals surface area contributed by atoms with Gasteiger partial charge in [0.25, 0.3) is 5.91 Å². The van der Waals surface area contributed by atoms with E-state index in [1.807, 2.05) is 6.20 Å². The number of halogens is 1. The van der Waals surface area contributed by atoms with Crippen LogP contribution in [0.4, 0.5) is 4.39 Å². The first-order valence-electron chi connectivity index (χ1n) is 9.80. The Morgan fingerprint density at radius 3 is 2.97 bits per heavy atom. The Morgan fingerprint density at radius 2 is 2.21 bits per heavy atom. The molecule has 1 amide bonds. The van der Waals surface area contributed by atoms with Crippen molar-refractivity contribution in [3.8, 4) is 11.3 Å². The van der Waals surface area contributed by atoms with Crippen LogP contribution in [0, 0.1) is 18.7 Å². The topological polar surface area (TPSA) is 87.0 Å². The van der Waals surface area contributed by atoms with Gasteiger partial charge in [0, 0.05) is 36.8 Å². The van der Waals surface area contributed by atoms with E-state index >= 15 is 0 Å². The highest BCUT2D eigenvalue weighted by atomic mass is 19.1. The zero-order chi connectivity index (χ0) is 20.2. The van der Waals surface area contributed by atoms with Crippen LogP contribution in [0.5, 0.6) is 0 Å². The minimum atomic E-state index is -0.253. The van der Waals surface area contributed by atoms with Crippen molar-refractivity contribution in [1.82, 2.24) is 25.6 Å². The number of benzene rings is 1. The summed E-state index contributed by atoms with van der Waals surface area (Å²) in [6.45, 7) is 5.03. The molecule has 8 heteroatoms. The standard InChI is InChI=1S/C21H24FN5O2/c1-14-9-19(26-29-14)21(28)23-10-15-3-2-8-27(12-15)13-17-11-24-25-20(17)16-4-6-18(22)7-5-16/h4-7,9,11,15H,2-3,8,10,12-13H2,1H3,(H,23,28)(H,24,25)/t15-/m1/s1. The predicted octanol–water partition coefficient (Wildman–Crippen LogP) is 3.15. The molecule has 1 aliphatic rings. The maximum absolute atomic E-state index is 13.2. The molecule has 4 rings (SSSR count). The van der Waals surface area contributed by atoms with E-state index in [1.54, 1.807) is 25.1 Å². The van der Waals surface area contributed by atoms with E-state index in [-0.39, 0.29) is 11.7 Å². The van der Waals surface area contributed by atoms with E-state index in [9.17, 15) is 9.18 Å². The first-order chi connectivity index (χ1) is 14.1. The number of likely N-dealkylation sites (tertiary alicyclic amines) is 1. The van der Waals surface area contributed by atoms with Crippen LogP contribution in [0.3, 0.4) is 0 Å². The maximum Gasteiger partial charge on any atom is 0.273 e. The second kappa shape index (κ2) is 8.57. The van der Waals surface area contributed by atoms with Crippen molar-refractivity contribution in [3.63, 3.8) is 0 Å². The summed E-state index contributed by atoms with van der Waals surface area (Å²) in [5, 5.41) is 13.9. The molecule has 0 saturated carbocycles. The third kappa shape index (κ3) is 4.71. The minimum Gasteiger partial charge on any atom is -0.361 e. The van der Waals surface area contributed by atoms with Gasteiger partial charge in [-0.3, -0.25) is 14.8 Å². The molecule has 0 unspecified atom stereocenters. The highest BCUT2D eigenvalue weighted by molar-refractivity contribution is 5.92. The highest BCUT2D eigenvalue weighted by Crippen LogP contribution is 2.25. The monoisotopic (exact) mass is 397 g/mol. The molecule has 29 heavy (non-hydrogen) atoms. The molecule has 152 valence electrons. The number of aromatic nitrogens is 3. The van der Waals surface area contributed by atoms with E-state index in [4.69, 9.17) is 4.52 Å². The van der Waals surface area contributed by atoms with Gasteiger partial charge in [-0.05, 0) is 56.5 Å². The van der Waals surface area contributed by atoms with Gasteiger partial charge in [0.1, 0.15) is 11.6 Å². The van der Waals surface area contributed by atoms with Gasteiger partial charge in [-0.25, -0.2) is 4.39 Å². The Morgan fingerprint density at radius 1 is 1.38 bits per heavy atom. The normalized spacial score (nSPS) is 17.4. The smallest absolute Gasteiger partial charge is 0.273 e. The lowest BCUT2D eigenvalue weighted by Gasteiger charge is -2.32. The molecule has 1 saturated heterocycles. The number of amides is 1. The molecule has 1 atom stereocenters. The third-order valence-corrected chi connectivity index (χ3v) is 5.26. The lowest BCUT2D eigenvalue weighted by atomic mass is 9.97. The van der Waals surface area contributed by atoms with Crippen molar-refractivity contribution in [2.75, 3.05) is 19.6 Å². The Kier molecular flexibility index (Phi) is 5.71. The van der Waals surface area contributed by atoms with Gasteiger partial charge in [0.2, 0.25) is 0 Å². The van der Waals surface area contributed by atoms with Crippen LogP contribution in [-0.2, 0) is 6.54 Å². The molecule has 1 aliphatic heterocycles. The van der Waals surface area contributed by atoms with Gasteiger partial charge in [-0.1, -0.05) is 5.16 Å². The summed E-state index contributed by atoms with van der Waals surface area (Å²) in [5.74, 6) is 0.543. The average molecular weight is 397 g/mol. The predicted molar refractivity (Wildman–Crippen MR) is 106 cm³/mol. The summed E-state index contributed by atoms with van der Waals surface area (Å²) in [5.41, 5.74) is 3.24. The van der Waals surface area contributed by atoms with E-state index in [0.29, 0.717) is 23.9 Å². The van der Waals surface area contributed by atoms with Crippen LogP contribution in [0.25, 0.3) is 11.3 Å². The molecule has 1 fully saturated rings. The van der Waals surface area contributed by atoms with Crippen LogP contribution >= 0.6 is 0 Å². The quantitative estimate of drug-likeness (QED) is 0.667. The van der Waals surface area contributed by atoms with E-state index < -0.39 is 0 Å². The van der Waals surface area contributed by atoms with Gasteiger partial charge in [-0.2, -0.15) is 5.10 Å². The number of aryl methyl sites for hydroxylation is 1.